The largest absolute Gasteiger partial charge is 0.494 e. The molecule has 2 aromatic heterocycles. The topological polar surface area (TPSA) is 136 Å². The number of terminal acetylenes is 2. The van der Waals surface area contributed by atoms with Gasteiger partial charge in [0, 0.05) is 90.8 Å². The van der Waals surface area contributed by atoms with E-state index >= 15 is 0 Å². The summed E-state index contributed by atoms with van der Waals surface area (Å²) in [4.78, 5) is 24.9. The smallest absolute Gasteiger partial charge is 0.465 e. The second-order valence-corrected chi connectivity index (χ2v) is 34.0. The molecular formula is C87H129B3ClN2O12P. The lowest BCUT2D eigenvalue weighted by atomic mass is 9.49. The SMILES string of the molecule is C#CC#CC#CP(C#CC#CC#C)c1ccccc1-c1c(C(C)C)cc(C(C)C)cc1C(C)C.CC1(C)OB(B2OC(C)(C)C(C)(C)O2)OC1(C)C.COC(=O)c1c(C)n(C(C)C2CCOCC2)c2cc(B3OC(C)(C)C(C)(C)O3)ccc12.COC(=O)c1c(C)n(C(C)C2CCOCC2)c2cc(Cl)ccc12.[HH].[HH].[HH].[HH].[HH].[HH].[HH].[HH].[HH].[HH]. The van der Waals surface area contributed by atoms with Crippen molar-refractivity contribution in [1.82, 2.24) is 9.13 Å². The Morgan fingerprint density at radius 2 is 0.915 bits per heavy atom. The minimum absolute atomic E-state index is 0. The van der Waals surface area contributed by atoms with Crippen LogP contribution < -0.4 is 10.8 Å². The molecule has 0 amide bonds. The zero-order valence-corrected chi connectivity index (χ0v) is 68.8. The molecule has 19 heteroatoms. The van der Waals surface area contributed by atoms with Crippen molar-refractivity contribution in [2.24, 2.45) is 11.8 Å². The number of rotatable bonds is 13. The monoisotopic (exact) mass is 1490 g/mol. The van der Waals surface area contributed by atoms with Crippen LogP contribution >= 0.6 is 19.5 Å². The van der Waals surface area contributed by atoms with Gasteiger partial charge < -0.3 is 56.0 Å². The summed E-state index contributed by atoms with van der Waals surface area (Å²) in [6.45, 7) is 49.6. The van der Waals surface area contributed by atoms with Crippen LogP contribution in [0.3, 0.4) is 0 Å². The molecule has 106 heavy (non-hydrogen) atoms. The average Bonchev–Trinajstić information content (AvgIpc) is 1.55. The highest BCUT2D eigenvalue weighted by atomic mass is 35.5. The maximum absolute atomic E-state index is 12.7. The van der Waals surface area contributed by atoms with Crippen LogP contribution in [0.5, 0.6) is 0 Å². The Morgan fingerprint density at radius 3 is 1.30 bits per heavy atom. The van der Waals surface area contributed by atoms with Crippen molar-refractivity contribution in [3.63, 3.8) is 0 Å². The fourth-order valence-electron chi connectivity index (χ4n) is 14.2. The van der Waals surface area contributed by atoms with Gasteiger partial charge in [0.1, 0.15) is 0 Å². The molecule has 11 rings (SSSR count). The third-order valence-electron chi connectivity index (χ3n) is 22.5. The molecule has 2 atom stereocenters. The normalized spacial score (nSPS) is 18.7. The molecule has 580 valence electrons. The molecule has 0 radical (unpaired) electrons. The lowest BCUT2D eigenvalue weighted by molar-refractivity contribution is 0.00578. The third kappa shape index (κ3) is 18.6. The molecule has 0 spiro atoms. The molecule has 0 saturated carbocycles. The molecule has 4 aromatic carbocycles. The minimum atomic E-state index is -1.18. The van der Waals surface area contributed by atoms with Gasteiger partial charge in [-0.05, 0) is 276 Å². The summed E-state index contributed by atoms with van der Waals surface area (Å²) >= 11 is 6.21. The molecule has 0 aliphatic carbocycles. The summed E-state index contributed by atoms with van der Waals surface area (Å²) in [5, 5.41) is 3.57. The number of hydrogen-bond donors (Lipinski definition) is 0. The van der Waals surface area contributed by atoms with E-state index in [1.54, 1.807) is 0 Å². The highest BCUT2D eigenvalue weighted by molar-refractivity contribution is 7.75. The highest BCUT2D eigenvalue weighted by Crippen LogP contribution is 2.46. The standard InChI is InChI=1S/C33H29P.C24H34BNO5.C18H22ClNO3.C12H24B2O4.10H2/c1-9-11-13-17-21-34(22-18-14-12-10-2)32-20-16-15-19-29(32)33-30(26(5)6)23-28(25(3)4)24-31(33)27(7)8;1-15(17-10-12-29-13-11-17)26-16(2)21(22(27)28-7)19-9-8-18(14-20(19)26)25-30-23(3,4)24(5,6)31-25;1-11(13-6-8-23-9-7-13)20-12(2)17(18(21)22-3)15-5-4-14(19)10-16(15)20;1-9(2)10(3,4)16-13(15-9)14-17-11(5,6)12(7,8)18-14;;;;;;;;;;/h1-2,15-16,19-20,23-27H,3-8H3;8-9,14-15,17H,10-13H2,1-7H3;4-5,10-11,13H,6-9H2,1-3H3;1-8H3;10*1H. The molecule has 0 bridgehead atoms. The second-order valence-electron chi connectivity index (χ2n) is 32.0. The number of methoxy groups -OCH3 is 2. The highest BCUT2D eigenvalue weighted by Gasteiger charge is 2.64. The van der Waals surface area contributed by atoms with E-state index in [1.807, 2.05) is 106 Å². The van der Waals surface area contributed by atoms with Crippen LogP contribution in [-0.4, -0.2) is 116 Å². The molecule has 5 fully saturated rings. The summed E-state index contributed by atoms with van der Waals surface area (Å²) in [6, 6.07) is 25.4. The molecule has 5 saturated heterocycles. The number of carbonyl (C=O) groups is 2. The number of halogens is 1. The predicted molar refractivity (Wildman–Crippen MR) is 456 cm³/mol. The van der Waals surface area contributed by atoms with Gasteiger partial charge in [-0.1, -0.05) is 108 Å². The van der Waals surface area contributed by atoms with Crippen LogP contribution in [0.4, 0.5) is 0 Å². The zero-order valence-electron chi connectivity index (χ0n) is 67.1. The number of ether oxygens (including phenoxy) is 4. The number of esters is 2. The fourth-order valence-corrected chi connectivity index (χ4v) is 15.6. The molecule has 6 aromatic rings. The Labute approximate surface area is 655 Å². The first-order valence-electron chi connectivity index (χ1n) is 37.1. The number of carbonyl (C=O) groups excluding carboxylic acids is 2. The van der Waals surface area contributed by atoms with Crippen LogP contribution in [0, 0.1) is 97.2 Å². The Bertz CT molecular complexity index is 4430. The molecule has 2 unspecified atom stereocenters. The number of nitrogens with zero attached hydrogens (tertiary/aromatic N) is 2. The van der Waals surface area contributed by atoms with Crippen molar-refractivity contribution in [1.29, 1.82) is 0 Å². The Hall–Kier alpha value is -7.15. The van der Waals surface area contributed by atoms with E-state index in [2.05, 4.69) is 187 Å². The van der Waals surface area contributed by atoms with Gasteiger partial charge in [-0.2, -0.15) is 0 Å². The van der Waals surface area contributed by atoms with Gasteiger partial charge in [0.25, 0.3) is 0 Å². The second kappa shape index (κ2) is 35.0. The van der Waals surface area contributed by atoms with Crippen molar-refractivity contribution in [2.45, 2.75) is 241 Å². The van der Waals surface area contributed by atoms with Crippen molar-refractivity contribution < 1.29 is 70.7 Å². The maximum Gasteiger partial charge on any atom is 0.494 e. The van der Waals surface area contributed by atoms with Gasteiger partial charge in [0.2, 0.25) is 0 Å². The van der Waals surface area contributed by atoms with Crippen LogP contribution in [0.1, 0.15) is 257 Å². The summed E-state index contributed by atoms with van der Waals surface area (Å²) in [5.41, 5.74) is 16.8. The number of hydrogen-bond acceptors (Lipinski definition) is 12. The summed E-state index contributed by atoms with van der Waals surface area (Å²) in [5.74, 6) is 22.5. The van der Waals surface area contributed by atoms with Crippen LogP contribution in [0.15, 0.2) is 72.8 Å². The van der Waals surface area contributed by atoms with E-state index in [0.29, 0.717) is 45.7 Å². The van der Waals surface area contributed by atoms with E-state index in [1.165, 1.54) is 36.5 Å². The lowest BCUT2D eigenvalue weighted by Gasteiger charge is -2.32. The summed E-state index contributed by atoms with van der Waals surface area (Å²) in [6.07, 6.45) is 14.6. The van der Waals surface area contributed by atoms with Crippen LogP contribution in [-0.2, 0) is 46.9 Å². The van der Waals surface area contributed by atoms with Gasteiger partial charge >= 0.3 is 33.1 Å². The van der Waals surface area contributed by atoms with Gasteiger partial charge in [-0.15, -0.1) is 12.8 Å². The van der Waals surface area contributed by atoms with Crippen molar-refractivity contribution >= 4 is 85.2 Å². The summed E-state index contributed by atoms with van der Waals surface area (Å²) < 4.78 is 62.1. The number of fused-ring (bicyclic) bond motifs is 2. The zero-order chi connectivity index (χ0) is 78.2. The van der Waals surface area contributed by atoms with Gasteiger partial charge in [-0.25, -0.2) is 9.59 Å². The van der Waals surface area contributed by atoms with E-state index in [0.717, 1.165) is 102 Å². The van der Waals surface area contributed by atoms with E-state index in [9.17, 15) is 9.59 Å². The van der Waals surface area contributed by atoms with Crippen molar-refractivity contribution in [3.05, 3.63) is 117 Å². The first kappa shape index (κ1) is 84.5. The first-order chi connectivity index (χ1) is 49.8. The first-order valence-corrected chi connectivity index (χ1v) is 38.9. The molecular weight excluding hydrogens is 1360 g/mol. The molecule has 7 heterocycles. The molecule has 14 nitrogen and oxygen atoms in total. The lowest BCUT2D eigenvalue weighted by Crippen LogP contribution is -2.41. The fraction of sp³-hybridized carbons (Fsp3) is 0.517. The van der Waals surface area contributed by atoms with Gasteiger partial charge in [-0.3, -0.25) is 0 Å². The Kier molecular flexibility index (Phi) is 27.9. The Morgan fingerprint density at radius 1 is 0.528 bits per heavy atom. The molecule has 5 aliphatic rings. The maximum atomic E-state index is 12.7. The molecule has 5 aliphatic heterocycles. The van der Waals surface area contributed by atoms with E-state index in [4.69, 9.17) is 71.3 Å². The average molecular weight is 1490 g/mol. The third-order valence-corrected chi connectivity index (χ3v) is 24.3. The number of benzene rings is 4. The van der Waals surface area contributed by atoms with Crippen LogP contribution in [0.25, 0.3) is 32.9 Å². The number of aromatic nitrogens is 2. The Balaban J connectivity index is -0.00000146. The van der Waals surface area contributed by atoms with Gasteiger partial charge in [0.15, 0.2) is 0 Å². The quantitative estimate of drug-likeness (QED) is 0.0471. The molecule has 0 N–H and O–H groups in total. The predicted octanol–water partition coefficient (Wildman–Crippen LogP) is 20.1. The minimum Gasteiger partial charge on any atom is -0.465 e. The van der Waals surface area contributed by atoms with Gasteiger partial charge in [0.05, 0.1) is 72.4 Å². The van der Waals surface area contributed by atoms with Crippen molar-refractivity contribution in [3.8, 4) is 82.7 Å². The van der Waals surface area contributed by atoms with Crippen molar-refractivity contribution in [2.75, 3.05) is 40.6 Å². The van der Waals surface area contributed by atoms with E-state index < -0.39 is 40.3 Å². The summed E-state index contributed by atoms with van der Waals surface area (Å²) in [7, 11) is 0.276. The van der Waals surface area contributed by atoms with Crippen LogP contribution in [0.2, 0.25) is 5.02 Å². The van der Waals surface area contributed by atoms with E-state index in [-0.39, 0.29) is 60.7 Å².